The van der Waals surface area contributed by atoms with Crippen LogP contribution in [0.4, 0.5) is 0 Å². The number of hydrogen-bond acceptors (Lipinski definition) is 2. The first-order valence-electron chi connectivity index (χ1n) is 16.5. The van der Waals surface area contributed by atoms with Crippen molar-refractivity contribution in [1.82, 2.24) is 0 Å². The normalized spacial score (nSPS) is 15.3. The van der Waals surface area contributed by atoms with Gasteiger partial charge in [0.15, 0.2) is 0 Å². The van der Waals surface area contributed by atoms with Crippen LogP contribution < -0.4 is 5.46 Å². The van der Waals surface area contributed by atoms with E-state index in [0.717, 1.165) is 5.46 Å². The van der Waals surface area contributed by atoms with Gasteiger partial charge in [-0.2, -0.15) is 0 Å². The molecule has 1 spiro atoms. The van der Waals surface area contributed by atoms with Crippen molar-refractivity contribution in [2.24, 2.45) is 0 Å². The molecular weight excluding hydrogens is 571 g/mol. The van der Waals surface area contributed by atoms with E-state index in [9.17, 15) is 5.11 Å². The van der Waals surface area contributed by atoms with Crippen molar-refractivity contribution >= 4 is 12.9 Å². The minimum absolute atomic E-state index is 0.526. The van der Waals surface area contributed by atoms with E-state index in [1.54, 1.807) is 13.8 Å². The zero-order valence-corrected chi connectivity index (χ0v) is 27.4. The summed E-state index contributed by atoms with van der Waals surface area (Å²) in [5.74, 6) is 0. The van der Waals surface area contributed by atoms with Crippen LogP contribution in [0.3, 0.4) is 0 Å². The molecule has 0 aliphatic heterocycles. The maximum atomic E-state index is 10.9. The molecule has 1 radical (unpaired) electrons. The fraction of sp³-hybridized carbons (Fsp3) is 0.182. The Morgan fingerprint density at radius 1 is 0.468 bits per heavy atom. The number of hydrogen-bond donors (Lipinski definition) is 1. The van der Waals surface area contributed by atoms with Crippen molar-refractivity contribution in [1.29, 1.82) is 0 Å². The Bertz CT molecular complexity index is 2020. The van der Waals surface area contributed by atoms with Crippen LogP contribution in [0.2, 0.25) is 0 Å². The Morgan fingerprint density at radius 2 is 0.894 bits per heavy atom. The Morgan fingerprint density at radius 3 is 1.40 bits per heavy atom. The van der Waals surface area contributed by atoms with Gasteiger partial charge in [0.25, 0.3) is 0 Å². The summed E-state index contributed by atoms with van der Waals surface area (Å²) in [6.07, 6.45) is 0. The van der Waals surface area contributed by atoms with E-state index in [0.29, 0.717) is 0 Å². The van der Waals surface area contributed by atoms with Crippen LogP contribution in [0.15, 0.2) is 152 Å². The van der Waals surface area contributed by atoms with E-state index in [4.69, 9.17) is 4.65 Å². The largest absolute Gasteiger partial charge is 0.427 e. The molecule has 6 aromatic carbocycles. The Hall–Kier alpha value is -4.70. The molecular formula is C44H38BO2. The van der Waals surface area contributed by atoms with Crippen molar-refractivity contribution in [3.8, 4) is 11.1 Å². The first kappa shape index (κ1) is 29.7. The monoisotopic (exact) mass is 609 g/mol. The first-order chi connectivity index (χ1) is 22.7. The molecule has 229 valence electrons. The zero-order chi connectivity index (χ0) is 32.4. The van der Waals surface area contributed by atoms with Gasteiger partial charge in [-0.3, -0.25) is 0 Å². The SMILES string of the molecule is CC(C)(O)C(C)(C)O[B]c1cccc2c1-c1ccccc1C21c2ccccc2C(c2ccccc2)(c2ccccc2)c2ccccc21. The summed E-state index contributed by atoms with van der Waals surface area (Å²) < 4.78 is 6.41. The van der Waals surface area contributed by atoms with Gasteiger partial charge in [0.05, 0.1) is 22.0 Å². The van der Waals surface area contributed by atoms with Gasteiger partial charge in [0.2, 0.25) is 0 Å². The molecule has 0 aromatic heterocycles. The summed E-state index contributed by atoms with van der Waals surface area (Å²) >= 11 is 0. The third kappa shape index (κ3) is 4.06. The van der Waals surface area contributed by atoms with Gasteiger partial charge >= 0.3 is 7.48 Å². The summed E-state index contributed by atoms with van der Waals surface area (Å²) in [4.78, 5) is 0. The zero-order valence-electron chi connectivity index (χ0n) is 27.4. The van der Waals surface area contributed by atoms with Crippen LogP contribution in [0.25, 0.3) is 11.1 Å². The predicted molar refractivity (Wildman–Crippen MR) is 192 cm³/mol. The van der Waals surface area contributed by atoms with Crippen molar-refractivity contribution in [2.45, 2.75) is 49.7 Å². The van der Waals surface area contributed by atoms with Gasteiger partial charge in [-0.15, -0.1) is 0 Å². The van der Waals surface area contributed by atoms with E-state index in [1.165, 1.54) is 55.6 Å². The second-order valence-corrected chi connectivity index (χ2v) is 13.9. The summed E-state index contributed by atoms with van der Waals surface area (Å²) in [7, 11) is 1.85. The average molecular weight is 610 g/mol. The van der Waals surface area contributed by atoms with E-state index in [2.05, 4.69) is 152 Å². The summed E-state index contributed by atoms with van der Waals surface area (Å²) in [5, 5.41) is 10.9. The summed E-state index contributed by atoms with van der Waals surface area (Å²) in [6.45, 7) is 7.45. The van der Waals surface area contributed by atoms with E-state index >= 15 is 0 Å². The molecule has 2 nitrogen and oxygen atoms in total. The highest BCUT2D eigenvalue weighted by atomic mass is 16.5. The van der Waals surface area contributed by atoms with Crippen LogP contribution in [0.1, 0.15) is 72.2 Å². The molecule has 47 heavy (non-hydrogen) atoms. The molecule has 6 aromatic rings. The van der Waals surface area contributed by atoms with E-state index in [1.807, 2.05) is 21.3 Å². The molecule has 0 unspecified atom stereocenters. The highest BCUT2D eigenvalue weighted by molar-refractivity contribution is 6.50. The Kier molecular flexibility index (Phi) is 6.74. The Balaban J connectivity index is 1.48. The minimum Gasteiger partial charge on any atom is -0.427 e. The minimum atomic E-state index is -1.03. The highest BCUT2D eigenvalue weighted by Gasteiger charge is 2.56. The van der Waals surface area contributed by atoms with Gasteiger partial charge in [-0.05, 0) is 88.8 Å². The number of rotatable bonds is 6. The van der Waals surface area contributed by atoms with Crippen LogP contribution in [0.5, 0.6) is 0 Å². The molecule has 0 bridgehead atoms. The highest BCUT2D eigenvalue weighted by Crippen LogP contribution is 2.64. The van der Waals surface area contributed by atoms with E-state index in [-0.39, 0.29) is 0 Å². The van der Waals surface area contributed by atoms with Crippen molar-refractivity contribution in [3.63, 3.8) is 0 Å². The number of benzene rings is 6. The molecule has 0 saturated carbocycles. The van der Waals surface area contributed by atoms with Crippen LogP contribution in [0, 0.1) is 0 Å². The Labute approximate surface area is 279 Å². The van der Waals surface area contributed by atoms with Crippen molar-refractivity contribution in [2.75, 3.05) is 0 Å². The molecule has 2 aliphatic carbocycles. The van der Waals surface area contributed by atoms with E-state index < -0.39 is 22.0 Å². The van der Waals surface area contributed by atoms with Crippen LogP contribution >= 0.6 is 0 Å². The lowest BCUT2D eigenvalue weighted by Gasteiger charge is -2.50. The maximum Gasteiger partial charge on any atom is 0.331 e. The molecule has 0 fully saturated rings. The van der Waals surface area contributed by atoms with Crippen molar-refractivity contribution < 1.29 is 9.76 Å². The predicted octanol–water partition coefficient (Wildman–Crippen LogP) is 8.56. The van der Waals surface area contributed by atoms with Gasteiger partial charge in [-0.1, -0.05) is 152 Å². The third-order valence-electron chi connectivity index (χ3n) is 10.9. The topological polar surface area (TPSA) is 29.5 Å². The van der Waals surface area contributed by atoms with Gasteiger partial charge in [0, 0.05) is 0 Å². The fourth-order valence-corrected chi connectivity index (χ4v) is 8.12. The first-order valence-corrected chi connectivity index (χ1v) is 16.5. The molecule has 8 rings (SSSR count). The standard InChI is InChI=1S/C44H38BO2/c1-41(2,46)42(3,4)47-45-39-29-17-28-38-40(39)32-22-11-12-23-33(32)44(38)36-26-15-13-24-34(36)43(30-18-7-5-8-19-30,31-20-9-6-10-21-31)35-25-14-16-27-37(35)44/h5-29,46H,1-4H3. The lowest BCUT2D eigenvalue weighted by Crippen LogP contribution is -2.49. The van der Waals surface area contributed by atoms with Crippen LogP contribution in [-0.2, 0) is 15.5 Å². The molecule has 0 atom stereocenters. The lowest BCUT2D eigenvalue weighted by atomic mass is 9.51. The molecule has 2 aliphatic rings. The second kappa shape index (κ2) is 10.7. The summed E-state index contributed by atoms with van der Waals surface area (Å²) in [6, 6.07) is 55.6. The average Bonchev–Trinajstić information content (AvgIpc) is 3.40. The lowest BCUT2D eigenvalue weighted by molar-refractivity contribution is -0.0893. The van der Waals surface area contributed by atoms with Gasteiger partial charge in [0.1, 0.15) is 0 Å². The number of fused-ring (bicyclic) bond motifs is 9. The van der Waals surface area contributed by atoms with Gasteiger partial charge < -0.3 is 9.76 Å². The maximum absolute atomic E-state index is 10.9. The summed E-state index contributed by atoms with van der Waals surface area (Å²) in [5.41, 5.74) is 10.6. The number of aliphatic hydroxyl groups is 1. The molecule has 0 heterocycles. The molecule has 3 heteroatoms. The van der Waals surface area contributed by atoms with Crippen LogP contribution in [-0.4, -0.2) is 23.8 Å². The smallest absolute Gasteiger partial charge is 0.331 e. The molecule has 0 amide bonds. The second-order valence-electron chi connectivity index (χ2n) is 13.9. The quantitative estimate of drug-likeness (QED) is 0.192. The molecule has 1 N–H and O–H groups in total. The van der Waals surface area contributed by atoms with Crippen molar-refractivity contribution in [3.05, 3.63) is 196 Å². The molecule has 0 saturated heterocycles. The van der Waals surface area contributed by atoms with Gasteiger partial charge in [-0.25, -0.2) is 0 Å². The fourth-order valence-electron chi connectivity index (χ4n) is 8.12. The third-order valence-corrected chi connectivity index (χ3v) is 10.9.